The highest BCUT2D eigenvalue weighted by atomic mass is 14.3. The summed E-state index contributed by atoms with van der Waals surface area (Å²) in [5, 5.41) is 7.92. The minimum Gasteiger partial charge on any atom is -0.0616 e. The Kier molecular flexibility index (Phi) is 4.27. The van der Waals surface area contributed by atoms with Gasteiger partial charge in [-0.1, -0.05) is 133 Å². The summed E-state index contributed by atoms with van der Waals surface area (Å²) >= 11 is 0. The summed E-state index contributed by atoms with van der Waals surface area (Å²) in [5.41, 5.74) is 15.8. The van der Waals surface area contributed by atoms with Gasteiger partial charge in [-0.2, -0.15) is 0 Å². The van der Waals surface area contributed by atoms with Gasteiger partial charge in [0.25, 0.3) is 0 Å². The van der Waals surface area contributed by atoms with Crippen molar-refractivity contribution in [3.63, 3.8) is 0 Å². The fourth-order valence-electron chi connectivity index (χ4n) is 7.70. The lowest BCUT2D eigenvalue weighted by molar-refractivity contribution is 1.66. The Balaban J connectivity index is 1.15. The summed E-state index contributed by atoms with van der Waals surface area (Å²) in [7, 11) is 0. The molecule has 2 aliphatic rings. The van der Waals surface area contributed by atoms with Crippen LogP contribution in [0.15, 0.2) is 146 Å². The Morgan fingerprint density at radius 1 is 0.238 bits per heavy atom. The summed E-state index contributed by atoms with van der Waals surface area (Å²) in [6.45, 7) is 0. The van der Waals surface area contributed by atoms with E-state index in [1.165, 1.54) is 99.1 Å². The van der Waals surface area contributed by atoms with Crippen LogP contribution < -0.4 is 0 Å². The van der Waals surface area contributed by atoms with Gasteiger partial charge in [-0.15, -0.1) is 0 Å². The first-order valence-corrected chi connectivity index (χ1v) is 14.7. The Labute approximate surface area is 244 Å². The van der Waals surface area contributed by atoms with Gasteiger partial charge in [0.2, 0.25) is 0 Å². The van der Waals surface area contributed by atoms with Crippen molar-refractivity contribution >= 4 is 32.3 Å². The van der Waals surface area contributed by atoms with Crippen molar-refractivity contribution in [2.75, 3.05) is 0 Å². The van der Waals surface area contributed by atoms with E-state index in [4.69, 9.17) is 0 Å². The Hall–Kier alpha value is -5.46. The van der Waals surface area contributed by atoms with Crippen LogP contribution in [-0.2, 0) is 0 Å². The highest BCUT2D eigenvalue weighted by molar-refractivity contribution is 6.20. The van der Waals surface area contributed by atoms with Crippen LogP contribution in [0.5, 0.6) is 0 Å². The van der Waals surface area contributed by atoms with Crippen molar-refractivity contribution in [2.45, 2.75) is 0 Å². The molecule has 0 heteroatoms. The molecule has 0 heterocycles. The third kappa shape index (κ3) is 2.86. The second-order valence-corrected chi connectivity index (χ2v) is 11.6. The van der Waals surface area contributed by atoms with E-state index in [9.17, 15) is 0 Å². The second kappa shape index (κ2) is 8.06. The van der Waals surface area contributed by atoms with E-state index in [1.807, 2.05) is 0 Å². The highest BCUT2D eigenvalue weighted by Gasteiger charge is 2.23. The Bertz CT molecular complexity index is 2230. The summed E-state index contributed by atoms with van der Waals surface area (Å²) in [6.07, 6.45) is 0. The molecule has 8 aromatic carbocycles. The maximum atomic E-state index is 2.38. The van der Waals surface area contributed by atoms with Gasteiger partial charge in [0.05, 0.1) is 0 Å². The van der Waals surface area contributed by atoms with E-state index in [2.05, 4.69) is 146 Å². The maximum Gasteiger partial charge on any atom is -0.00201 e. The molecule has 0 aliphatic heterocycles. The van der Waals surface area contributed by atoms with Gasteiger partial charge in [0.1, 0.15) is 0 Å². The Morgan fingerprint density at radius 3 is 1.07 bits per heavy atom. The quantitative estimate of drug-likeness (QED) is 0.209. The van der Waals surface area contributed by atoms with E-state index < -0.39 is 0 Å². The molecule has 0 radical (unpaired) electrons. The lowest BCUT2D eigenvalue weighted by Gasteiger charge is -2.13. The van der Waals surface area contributed by atoms with Gasteiger partial charge in [-0.3, -0.25) is 0 Å². The largest absolute Gasteiger partial charge is 0.0616 e. The number of hydrogen-bond donors (Lipinski definition) is 0. The van der Waals surface area contributed by atoms with Crippen molar-refractivity contribution in [1.29, 1.82) is 0 Å². The van der Waals surface area contributed by atoms with Crippen LogP contribution in [-0.4, -0.2) is 0 Å². The SMILES string of the molecule is c1ccc2c(c1)-c1cccc3c(-c4ccc5ccc(-c6ccc7c8c(cccc68)-c6ccccc6-7)cc5c4)ccc-2c13. The molecule has 0 amide bonds. The molecular formula is C42H24. The van der Waals surface area contributed by atoms with E-state index in [0.29, 0.717) is 0 Å². The third-order valence-electron chi connectivity index (χ3n) is 9.56. The smallest absolute Gasteiger partial charge is 0.00201 e. The average Bonchev–Trinajstić information content (AvgIpc) is 3.56. The van der Waals surface area contributed by atoms with Gasteiger partial charge in [0.15, 0.2) is 0 Å². The van der Waals surface area contributed by atoms with Crippen LogP contribution in [0.3, 0.4) is 0 Å². The molecular weight excluding hydrogens is 504 g/mol. The summed E-state index contributed by atoms with van der Waals surface area (Å²) < 4.78 is 0. The van der Waals surface area contributed by atoms with E-state index in [0.717, 1.165) is 0 Å². The van der Waals surface area contributed by atoms with Crippen LogP contribution in [0.4, 0.5) is 0 Å². The molecule has 0 N–H and O–H groups in total. The maximum absolute atomic E-state index is 2.38. The minimum absolute atomic E-state index is 1.26. The number of benzene rings is 8. The summed E-state index contributed by atoms with van der Waals surface area (Å²) in [4.78, 5) is 0. The first kappa shape index (κ1) is 22.3. The predicted molar refractivity (Wildman–Crippen MR) is 179 cm³/mol. The molecule has 192 valence electrons. The van der Waals surface area contributed by atoms with Crippen LogP contribution in [0, 0.1) is 0 Å². The zero-order chi connectivity index (χ0) is 27.4. The van der Waals surface area contributed by atoms with Crippen LogP contribution in [0.2, 0.25) is 0 Å². The fourth-order valence-corrected chi connectivity index (χ4v) is 7.70. The molecule has 8 aromatic rings. The molecule has 0 saturated carbocycles. The lowest BCUT2D eigenvalue weighted by atomic mass is 9.91. The number of rotatable bonds is 2. The first-order chi connectivity index (χ1) is 20.8. The Morgan fingerprint density at radius 2 is 0.619 bits per heavy atom. The minimum atomic E-state index is 1.26. The molecule has 0 bridgehead atoms. The highest BCUT2D eigenvalue weighted by Crippen LogP contribution is 2.51. The van der Waals surface area contributed by atoms with Crippen molar-refractivity contribution in [1.82, 2.24) is 0 Å². The average molecular weight is 529 g/mol. The number of fused-ring (bicyclic) bond motifs is 7. The molecule has 0 nitrogen and oxygen atoms in total. The molecule has 0 aromatic heterocycles. The van der Waals surface area contributed by atoms with Crippen LogP contribution in [0.25, 0.3) is 99.1 Å². The zero-order valence-corrected chi connectivity index (χ0v) is 22.9. The molecule has 0 saturated heterocycles. The van der Waals surface area contributed by atoms with Gasteiger partial charge < -0.3 is 0 Å². The van der Waals surface area contributed by atoms with E-state index >= 15 is 0 Å². The molecule has 42 heavy (non-hydrogen) atoms. The molecule has 0 spiro atoms. The van der Waals surface area contributed by atoms with Gasteiger partial charge in [-0.25, -0.2) is 0 Å². The van der Waals surface area contributed by atoms with Crippen molar-refractivity contribution in [2.24, 2.45) is 0 Å². The van der Waals surface area contributed by atoms with Crippen LogP contribution in [0.1, 0.15) is 0 Å². The van der Waals surface area contributed by atoms with Gasteiger partial charge in [0, 0.05) is 0 Å². The van der Waals surface area contributed by atoms with Crippen molar-refractivity contribution in [3.05, 3.63) is 146 Å². The predicted octanol–water partition coefficient (Wildman–Crippen LogP) is 11.8. The van der Waals surface area contributed by atoms with Crippen molar-refractivity contribution < 1.29 is 0 Å². The molecule has 0 unspecified atom stereocenters. The standard InChI is InChI=1S/C42H24/c1-3-9-33-31(7-1)37-13-5-11-35-29(19-21-39(33)41(35)37)26-17-15-25-16-18-27(24-28(25)23-26)30-20-22-40-34-10-4-2-8-32(34)38-14-6-12-36(30)42(38)40/h1-24H. The topological polar surface area (TPSA) is 0 Å². The molecule has 0 fully saturated rings. The van der Waals surface area contributed by atoms with Crippen molar-refractivity contribution in [3.8, 4) is 66.8 Å². The molecule has 0 atom stereocenters. The number of hydrogen-bond acceptors (Lipinski definition) is 0. The normalized spacial score (nSPS) is 12.3. The van der Waals surface area contributed by atoms with E-state index in [-0.39, 0.29) is 0 Å². The summed E-state index contributed by atoms with van der Waals surface area (Å²) in [6, 6.07) is 54.2. The van der Waals surface area contributed by atoms with Crippen LogP contribution >= 0.6 is 0 Å². The second-order valence-electron chi connectivity index (χ2n) is 11.6. The molecule has 2 aliphatic carbocycles. The third-order valence-corrected chi connectivity index (χ3v) is 9.56. The molecule has 10 rings (SSSR count). The van der Waals surface area contributed by atoms with E-state index in [1.54, 1.807) is 0 Å². The van der Waals surface area contributed by atoms with Gasteiger partial charge in [-0.05, 0) is 111 Å². The summed E-state index contributed by atoms with van der Waals surface area (Å²) in [5.74, 6) is 0. The first-order valence-electron chi connectivity index (χ1n) is 14.7. The lowest BCUT2D eigenvalue weighted by Crippen LogP contribution is -1.86. The fraction of sp³-hybridized carbons (Fsp3) is 0. The monoisotopic (exact) mass is 528 g/mol. The zero-order valence-electron chi connectivity index (χ0n) is 22.9. The van der Waals surface area contributed by atoms with Gasteiger partial charge >= 0.3 is 0 Å².